The maximum Gasteiger partial charge on any atom is 0.115 e. The topological polar surface area (TPSA) is 60.2 Å². The molecule has 2 heterocycles. The van der Waals surface area contributed by atoms with Gasteiger partial charge in [0.1, 0.15) is 11.8 Å². The normalized spacial score (nSPS) is 17.1. The van der Waals surface area contributed by atoms with Gasteiger partial charge in [-0.15, -0.1) is 0 Å². The van der Waals surface area contributed by atoms with Crippen LogP contribution in [-0.2, 0) is 4.74 Å². The smallest absolute Gasteiger partial charge is 0.115 e. The standard InChI is InChI=1S/C11H15N3O/c1-8-9(4-2-6-13-8)11(14-12)10-5-3-7-15-10/h2,4-6,11,14H,3,7,12H2,1H3. The van der Waals surface area contributed by atoms with E-state index in [-0.39, 0.29) is 6.04 Å². The zero-order chi connectivity index (χ0) is 10.7. The fraction of sp³-hybridized carbons (Fsp3) is 0.364. The molecule has 0 radical (unpaired) electrons. The minimum atomic E-state index is -0.0822. The summed E-state index contributed by atoms with van der Waals surface area (Å²) in [6, 6.07) is 3.83. The van der Waals surface area contributed by atoms with Crippen LogP contribution in [-0.4, -0.2) is 11.6 Å². The van der Waals surface area contributed by atoms with Crippen molar-refractivity contribution in [1.29, 1.82) is 0 Å². The molecule has 15 heavy (non-hydrogen) atoms. The van der Waals surface area contributed by atoms with Crippen molar-refractivity contribution in [1.82, 2.24) is 10.4 Å². The van der Waals surface area contributed by atoms with Gasteiger partial charge in [0, 0.05) is 18.3 Å². The number of hydrogen-bond donors (Lipinski definition) is 2. The molecule has 0 saturated carbocycles. The minimum Gasteiger partial charge on any atom is -0.496 e. The lowest BCUT2D eigenvalue weighted by Crippen LogP contribution is -2.30. The van der Waals surface area contributed by atoms with Gasteiger partial charge < -0.3 is 4.74 Å². The zero-order valence-corrected chi connectivity index (χ0v) is 8.73. The lowest BCUT2D eigenvalue weighted by atomic mass is 10.0. The van der Waals surface area contributed by atoms with Gasteiger partial charge in [0.25, 0.3) is 0 Å². The van der Waals surface area contributed by atoms with Crippen LogP contribution in [0.5, 0.6) is 0 Å². The molecule has 1 aliphatic heterocycles. The molecule has 0 aromatic carbocycles. The molecule has 0 fully saturated rings. The molecule has 4 nitrogen and oxygen atoms in total. The van der Waals surface area contributed by atoms with Crippen molar-refractivity contribution in [2.24, 2.45) is 5.84 Å². The Hall–Kier alpha value is -1.39. The highest BCUT2D eigenvalue weighted by Gasteiger charge is 2.21. The van der Waals surface area contributed by atoms with E-state index in [1.165, 1.54) is 0 Å². The maximum atomic E-state index is 5.55. The van der Waals surface area contributed by atoms with Crippen molar-refractivity contribution in [3.05, 3.63) is 41.4 Å². The number of hydrazine groups is 1. The van der Waals surface area contributed by atoms with Crippen molar-refractivity contribution in [3.63, 3.8) is 0 Å². The molecule has 4 heteroatoms. The van der Waals surface area contributed by atoms with E-state index in [1.807, 2.05) is 19.1 Å². The Morgan fingerprint density at radius 1 is 1.60 bits per heavy atom. The van der Waals surface area contributed by atoms with Crippen LogP contribution in [0.15, 0.2) is 30.2 Å². The van der Waals surface area contributed by atoms with Gasteiger partial charge in [0.05, 0.1) is 6.61 Å². The summed E-state index contributed by atoms with van der Waals surface area (Å²) >= 11 is 0. The lowest BCUT2D eigenvalue weighted by Gasteiger charge is -2.18. The molecule has 1 atom stereocenters. The summed E-state index contributed by atoms with van der Waals surface area (Å²) in [5.41, 5.74) is 4.80. The van der Waals surface area contributed by atoms with Crippen LogP contribution in [0.4, 0.5) is 0 Å². The van der Waals surface area contributed by atoms with Crippen molar-refractivity contribution in [2.75, 3.05) is 6.61 Å². The predicted molar refractivity (Wildman–Crippen MR) is 57.7 cm³/mol. The van der Waals surface area contributed by atoms with Crippen LogP contribution < -0.4 is 11.3 Å². The van der Waals surface area contributed by atoms with Crippen molar-refractivity contribution in [2.45, 2.75) is 19.4 Å². The Morgan fingerprint density at radius 3 is 3.07 bits per heavy atom. The molecule has 0 aliphatic carbocycles. The molecule has 0 bridgehead atoms. The van der Waals surface area contributed by atoms with E-state index >= 15 is 0 Å². The second kappa shape index (κ2) is 4.42. The SMILES string of the molecule is Cc1ncccc1C(NN)C1=CCCO1. The number of ether oxygens (including phenoxy) is 1. The number of nitrogens with one attached hydrogen (secondary N) is 1. The summed E-state index contributed by atoms with van der Waals surface area (Å²) < 4.78 is 5.51. The second-order valence-electron chi connectivity index (χ2n) is 3.52. The highest BCUT2D eigenvalue weighted by molar-refractivity contribution is 5.29. The van der Waals surface area contributed by atoms with Gasteiger partial charge in [-0.25, -0.2) is 5.43 Å². The molecule has 3 N–H and O–H groups in total. The Morgan fingerprint density at radius 2 is 2.47 bits per heavy atom. The average Bonchev–Trinajstić information content (AvgIpc) is 2.75. The fourth-order valence-corrected chi connectivity index (χ4v) is 1.77. The number of rotatable bonds is 3. The van der Waals surface area contributed by atoms with E-state index in [9.17, 15) is 0 Å². The summed E-state index contributed by atoms with van der Waals surface area (Å²) in [5, 5.41) is 0. The first kappa shape index (κ1) is 10.1. The number of pyridine rings is 1. The van der Waals surface area contributed by atoms with Gasteiger partial charge in [0.15, 0.2) is 0 Å². The number of aryl methyl sites for hydroxylation is 1. The van der Waals surface area contributed by atoms with Crippen molar-refractivity contribution in [3.8, 4) is 0 Å². The predicted octanol–water partition coefficient (Wildman–Crippen LogP) is 1.20. The Labute approximate surface area is 89.1 Å². The average molecular weight is 205 g/mol. The Balaban J connectivity index is 2.30. The molecule has 1 unspecified atom stereocenters. The fourth-order valence-electron chi connectivity index (χ4n) is 1.77. The number of nitrogens with two attached hydrogens (primary N) is 1. The van der Waals surface area contributed by atoms with E-state index in [0.29, 0.717) is 0 Å². The van der Waals surface area contributed by atoms with Gasteiger partial charge in [-0.2, -0.15) is 0 Å². The monoisotopic (exact) mass is 205 g/mol. The molecular weight excluding hydrogens is 190 g/mol. The quantitative estimate of drug-likeness (QED) is 0.575. The van der Waals surface area contributed by atoms with Crippen LogP contribution in [0.3, 0.4) is 0 Å². The van der Waals surface area contributed by atoms with E-state index in [0.717, 1.165) is 30.0 Å². The number of aromatic nitrogens is 1. The van der Waals surface area contributed by atoms with E-state index in [2.05, 4.69) is 16.5 Å². The summed E-state index contributed by atoms with van der Waals surface area (Å²) in [4.78, 5) is 4.24. The third-order valence-corrected chi connectivity index (χ3v) is 2.54. The first-order valence-corrected chi connectivity index (χ1v) is 5.03. The molecule has 1 aromatic rings. The van der Waals surface area contributed by atoms with Crippen LogP contribution >= 0.6 is 0 Å². The van der Waals surface area contributed by atoms with Crippen LogP contribution in [0.25, 0.3) is 0 Å². The second-order valence-corrected chi connectivity index (χ2v) is 3.52. The summed E-state index contributed by atoms with van der Waals surface area (Å²) in [6.45, 7) is 2.71. The molecule has 80 valence electrons. The van der Waals surface area contributed by atoms with Gasteiger partial charge in [-0.05, 0) is 24.6 Å². The third-order valence-electron chi connectivity index (χ3n) is 2.54. The van der Waals surface area contributed by atoms with Crippen molar-refractivity contribution >= 4 is 0 Å². The van der Waals surface area contributed by atoms with Crippen LogP contribution in [0.2, 0.25) is 0 Å². The maximum absolute atomic E-state index is 5.55. The summed E-state index contributed by atoms with van der Waals surface area (Å²) in [5.74, 6) is 6.45. The highest BCUT2D eigenvalue weighted by Crippen LogP contribution is 2.26. The Bertz CT molecular complexity index is 376. The summed E-state index contributed by atoms with van der Waals surface area (Å²) in [7, 11) is 0. The van der Waals surface area contributed by atoms with Gasteiger partial charge >= 0.3 is 0 Å². The van der Waals surface area contributed by atoms with Crippen molar-refractivity contribution < 1.29 is 4.74 Å². The largest absolute Gasteiger partial charge is 0.496 e. The Kier molecular flexibility index (Phi) is 2.99. The first-order chi connectivity index (χ1) is 7.33. The van der Waals surface area contributed by atoms with Gasteiger partial charge in [-0.1, -0.05) is 6.07 Å². The third kappa shape index (κ3) is 2.00. The number of hydrogen-bond acceptors (Lipinski definition) is 4. The van der Waals surface area contributed by atoms with Crippen LogP contribution in [0.1, 0.15) is 23.7 Å². The van der Waals surface area contributed by atoms with Gasteiger partial charge in [-0.3, -0.25) is 10.8 Å². The van der Waals surface area contributed by atoms with Crippen LogP contribution in [0, 0.1) is 6.92 Å². The summed E-state index contributed by atoms with van der Waals surface area (Å²) in [6.07, 6.45) is 4.79. The molecular formula is C11H15N3O. The van der Waals surface area contributed by atoms with Gasteiger partial charge in [0.2, 0.25) is 0 Å². The first-order valence-electron chi connectivity index (χ1n) is 5.03. The van der Waals surface area contributed by atoms with E-state index < -0.39 is 0 Å². The van der Waals surface area contributed by atoms with E-state index in [4.69, 9.17) is 10.6 Å². The molecule has 1 aromatic heterocycles. The number of nitrogens with zero attached hydrogens (tertiary/aromatic N) is 1. The molecule has 0 saturated heterocycles. The molecule has 0 spiro atoms. The highest BCUT2D eigenvalue weighted by atomic mass is 16.5. The van der Waals surface area contributed by atoms with E-state index in [1.54, 1.807) is 6.20 Å². The zero-order valence-electron chi connectivity index (χ0n) is 8.73. The molecule has 2 rings (SSSR count). The molecule has 1 aliphatic rings. The molecule has 0 amide bonds. The lowest BCUT2D eigenvalue weighted by molar-refractivity contribution is 0.215. The minimum absolute atomic E-state index is 0.0822.